The van der Waals surface area contributed by atoms with Gasteiger partial charge in [0.15, 0.2) is 0 Å². The first-order valence-electron chi connectivity index (χ1n) is 12.2. The minimum absolute atomic E-state index is 0.0302. The van der Waals surface area contributed by atoms with Crippen molar-refractivity contribution in [1.82, 2.24) is 10.2 Å². The van der Waals surface area contributed by atoms with Crippen LogP contribution in [0.1, 0.15) is 59.4 Å². The van der Waals surface area contributed by atoms with E-state index >= 15 is 0 Å². The van der Waals surface area contributed by atoms with Crippen LogP contribution in [0.25, 0.3) is 0 Å². The average Bonchev–Trinajstić information content (AvgIpc) is 2.89. The van der Waals surface area contributed by atoms with E-state index in [1.54, 1.807) is 41.3 Å². The molecule has 2 aromatic rings. The summed E-state index contributed by atoms with van der Waals surface area (Å²) in [6, 6.07) is 14.5. The number of hydrogen-bond acceptors (Lipinski definition) is 4. The van der Waals surface area contributed by atoms with E-state index in [0.717, 1.165) is 12.0 Å². The Morgan fingerprint density at radius 3 is 1.95 bits per heavy atom. The molecule has 0 saturated carbocycles. The minimum atomic E-state index is -5.08. The number of aliphatic carboxylic acids is 1. The lowest BCUT2D eigenvalue weighted by atomic mass is 9.95. The summed E-state index contributed by atoms with van der Waals surface area (Å²) >= 11 is 0. The van der Waals surface area contributed by atoms with Crippen molar-refractivity contribution in [2.45, 2.75) is 52.3 Å². The summed E-state index contributed by atoms with van der Waals surface area (Å²) in [4.78, 5) is 48.2. The zero-order chi connectivity index (χ0) is 28.5. The fourth-order valence-corrected chi connectivity index (χ4v) is 3.59. The predicted molar refractivity (Wildman–Crippen MR) is 136 cm³/mol. The van der Waals surface area contributed by atoms with Crippen LogP contribution in [0.2, 0.25) is 0 Å². The smallest absolute Gasteiger partial charge is 0.475 e. The van der Waals surface area contributed by atoms with Crippen LogP contribution < -0.4 is 10.6 Å². The molecule has 1 heterocycles. The van der Waals surface area contributed by atoms with Crippen LogP contribution in [0.3, 0.4) is 0 Å². The number of benzene rings is 2. The maximum Gasteiger partial charge on any atom is 0.490 e. The van der Waals surface area contributed by atoms with E-state index in [1.165, 1.54) is 0 Å². The van der Waals surface area contributed by atoms with Crippen LogP contribution >= 0.6 is 0 Å². The summed E-state index contributed by atoms with van der Waals surface area (Å²) in [5.41, 5.74) is 2.91. The molecule has 1 unspecified atom stereocenters. The SMILES string of the molecule is CCC(C)NC(=O)C1CCN(C(=O)c2ccc(NC(=O)c3ccc(C)cc3)cc2)CC1.O=C(O)C(F)(F)F. The molecule has 3 rings (SSSR count). The Balaban J connectivity index is 0.000000638. The highest BCUT2D eigenvalue weighted by Gasteiger charge is 2.38. The number of piperidine rings is 1. The number of amides is 3. The Bertz CT molecular complexity index is 1110. The van der Waals surface area contributed by atoms with Crippen LogP contribution in [0.15, 0.2) is 48.5 Å². The van der Waals surface area contributed by atoms with E-state index in [4.69, 9.17) is 9.90 Å². The van der Waals surface area contributed by atoms with Gasteiger partial charge in [-0.1, -0.05) is 24.6 Å². The second kappa shape index (κ2) is 13.6. The first kappa shape index (κ1) is 30.3. The fourth-order valence-electron chi connectivity index (χ4n) is 3.59. The van der Waals surface area contributed by atoms with E-state index in [2.05, 4.69) is 10.6 Å². The Kier molecular flexibility index (Phi) is 10.9. The number of aryl methyl sites for hydroxylation is 1. The topological polar surface area (TPSA) is 116 Å². The molecule has 0 bridgehead atoms. The Morgan fingerprint density at radius 2 is 1.47 bits per heavy atom. The van der Waals surface area contributed by atoms with Crippen LogP contribution in [0.5, 0.6) is 0 Å². The van der Waals surface area contributed by atoms with Gasteiger partial charge >= 0.3 is 12.1 Å². The molecule has 2 aromatic carbocycles. The number of alkyl halides is 3. The zero-order valence-electron chi connectivity index (χ0n) is 21.5. The van der Waals surface area contributed by atoms with Gasteiger partial charge in [-0.25, -0.2) is 4.79 Å². The van der Waals surface area contributed by atoms with Crippen molar-refractivity contribution in [1.29, 1.82) is 0 Å². The van der Waals surface area contributed by atoms with Crippen molar-refractivity contribution in [3.8, 4) is 0 Å². The van der Waals surface area contributed by atoms with Gasteiger partial charge in [-0.3, -0.25) is 14.4 Å². The molecular formula is C27H32F3N3O5. The maximum absolute atomic E-state index is 12.8. The van der Waals surface area contributed by atoms with Gasteiger partial charge < -0.3 is 20.6 Å². The highest BCUT2D eigenvalue weighted by molar-refractivity contribution is 6.04. The number of rotatable bonds is 6. The molecule has 1 aliphatic rings. The number of nitrogens with one attached hydrogen (secondary N) is 2. The highest BCUT2D eigenvalue weighted by Crippen LogP contribution is 2.21. The molecule has 0 aromatic heterocycles. The average molecular weight is 536 g/mol. The molecule has 1 fully saturated rings. The van der Waals surface area contributed by atoms with Crippen molar-refractivity contribution in [2.24, 2.45) is 5.92 Å². The quantitative estimate of drug-likeness (QED) is 0.498. The number of halogens is 3. The number of carboxylic acid groups (broad SMARTS) is 1. The van der Waals surface area contributed by atoms with Crippen LogP contribution in [0, 0.1) is 12.8 Å². The van der Waals surface area contributed by atoms with Crippen molar-refractivity contribution >= 4 is 29.4 Å². The van der Waals surface area contributed by atoms with Crippen molar-refractivity contribution in [3.63, 3.8) is 0 Å². The molecule has 206 valence electrons. The lowest BCUT2D eigenvalue weighted by Crippen LogP contribution is -2.44. The fraction of sp³-hybridized carbons (Fsp3) is 0.407. The largest absolute Gasteiger partial charge is 0.490 e. The van der Waals surface area contributed by atoms with Crippen LogP contribution in [0.4, 0.5) is 18.9 Å². The number of anilines is 1. The molecule has 3 amide bonds. The third-order valence-corrected chi connectivity index (χ3v) is 6.10. The van der Waals surface area contributed by atoms with Crippen molar-refractivity contribution < 1.29 is 37.5 Å². The number of carbonyl (C=O) groups is 4. The summed E-state index contributed by atoms with van der Waals surface area (Å²) in [6.45, 7) is 7.17. The van der Waals surface area contributed by atoms with E-state index in [9.17, 15) is 27.6 Å². The zero-order valence-corrected chi connectivity index (χ0v) is 21.5. The molecule has 1 aliphatic heterocycles. The van der Waals surface area contributed by atoms with Gasteiger partial charge in [0.05, 0.1) is 0 Å². The molecular weight excluding hydrogens is 503 g/mol. The number of likely N-dealkylation sites (tertiary alicyclic amines) is 1. The molecule has 8 nitrogen and oxygen atoms in total. The van der Waals surface area contributed by atoms with Crippen molar-refractivity contribution in [3.05, 3.63) is 65.2 Å². The second-order valence-corrected chi connectivity index (χ2v) is 9.08. The Hall–Kier alpha value is -3.89. The first-order valence-corrected chi connectivity index (χ1v) is 12.2. The number of carboxylic acids is 1. The Labute approximate surface area is 219 Å². The molecule has 38 heavy (non-hydrogen) atoms. The third-order valence-electron chi connectivity index (χ3n) is 6.10. The highest BCUT2D eigenvalue weighted by atomic mass is 19.4. The lowest BCUT2D eigenvalue weighted by Gasteiger charge is -2.32. The first-order chi connectivity index (χ1) is 17.8. The summed E-state index contributed by atoms with van der Waals surface area (Å²) < 4.78 is 31.7. The standard InChI is InChI=1S/C25H31N3O3.C2HF3O2/c1-4-18(3)26-23(29)20-13-15-28(16-14-20)25(31)21-9-11-22(12-10-21)27-24(30)19-7-5-17(2)6-8-19;3-2(4,5)1(6)7/h5-12,18,20H,4,13-16H2,1-3H3,(H,26,29)(H,27,30);(H,6,7). The van der Waals surface area contributed by atoms with Gasteiger partial charge in [-0.15, -0.1) is 0 Å². The van der Waals surface area contributed by atoms with Gasteiger partial charge in [0.1, 0.15) is 0 Å². The minimum Gasteiger partial charge on any atom is -0.475 e. The van der Waals surface area contributed by atoms with Gasteiger partial charge in [0.2, 0.25) is 5.91 Å². The summed E-state index contributed by atoms with van der Waals surface area (Å²) in [7, 11) is 0. The number of nitrogens with zero attached hydrogens (tertiary/aromatic N) is 1. The predicted octanol–water partition coefficient (Wildman–Crippen LogP) is 4.65. The van der Waals surface area contributed by atoms with Crippen molar-refractivity contribution in [2.75, 3.05) is 18.4 Å². The normalized spacial score (nSPS) is 14.5. The number of hydrogen-bond donors (Lipinski definition) is 3. The van der Waals surface area contributed by atoms with Gasteiger partial charge in [-0.05, 0) is 69.5 Å². The lowest BCUT2D eigenvalue weighted by molar-refractivity contribution is -0.192. The van der Waals surface area contributed by atoms with E-state index in [-0.39, 0.29) is 29.7 Å². The molecule has 1 atom stereocenters. The molecule has 3 N–H and O–H groups in total. The molecule has 1 saturated heterocycles. The molecule has 0 spiro atoms. The summed E-state index contributed by atoms with van der Waals surface area (Å²) in [6.07, 6.45) is -2.82. The van der Waals surface area contributed by atoms with E-state index < -0.39 is 12.1 Å². The van der Waals surface area contributed by atoms with E-state index in [0.29, 0.717) is 42.7 Å². The summed E-state index contributed by atoms with van der Waals surface area (Å²) in [5.74, 6) is -2.92. The third kappa shape index (κ3) is 9.20. The summed E-state index contributed by atoms with van der Waals surface area (Å²) in [5, 5.41) is 13.0. The van der Waals surface area contributed by atoms with E-state index in [1.807, 2.05) is 32.9 Å². The molecule has 11 heteroatoms. The van der Waals surface area contributed by atoms with Gasteiger partial charge in [-0.2, -0.15) is 13.2 Å². The van der Waals surface area contributed by atoms with Gasteiger partial charge in [0, 0.05) is 41.9 Å². The molecule has 0 aliphatic carbocycles. The maximum atomic E-state index is 12.8. The second-order valence-electron chi connectivity index (χ2n) is 9.08. The van der Waals surface area contributed by atoms with Crippen LogP contribution in [-0.4, -0.2) is 59.0 Å². The van der Waals surface area contributed by atoms with Gasteiger partial charge in [0.25, 0.3) is 11.8 Å². The monoisotopic (exact) mass is 535 g/mol. The van der Waals surface area contributed by atoms with Crippen LogP contribution in [-0.2, 0) is 9.59 Å². The number of carbonyl (C=O) groups excluding carboxylic acids is 3. The Morgan fingerprint density at radius 1 is 0.974 bits per heavy atom. The molecule has 0 radical (unpaired) electrons.